The molecule has 4 bridgehead atoms. The molecule has 32 heavy (non-hydrogen) atoms. The minimum Gasteiger partial charge on any atom is -0.369 e. The molecule has 8 heteroatoms. The monoisotopic (exact) mass is 500 g/mol. The van der Waals surface area contributed by atoms with Gasteiger partial charge in [0, 0.05) is 35.6 Å². The highest BCUT2D eigenvalue weighted by Crippen LogP contribution is 2.59. The second-order valence-electron chi connectivity index (χ2n) is 10.2. The van der Waals surface area contributed by atoms with Gasteiger partial charge < -0.3 is 15.8 Å². The molecule has 4 saturated carbocycles. The van der Waals surface area contributed by atoms with E-state index in [0.29, 0.717) is 43.0 Å². The van der Waals surface area contributed by atoms with Crippen molar-refractivity contribution >= 4 is 27.7 Å². The summed E-state index contributed by atoms with van der Waals surface area (Å²) in [6.07, 6.45) is 4.19. The van der Waals surface area contributed by atoms with Gasteiger partial charge >= 0.3 is 0 Å². The van der Waals surface area contributed by atoms with Crippen molar-refractivity contribution in [3.05, 3.63) is 33.8 Å². The first-order chi connectivity index (χ1) is 15.4. The number of ether oxygens (including phenoxy) is 1. The molecule has 2 unspecified atom stereocenters. The van der Waals surface area contributed by atoms with E-state index in [4.69, 9.17) is 10.5 Å². The standard InChI is InChI=1S/C24H29BrN4O3/c25-19-2-1-14(11-26)5-18(19)12-29-3-4-32-20(13-29)22(30)28-21-16-6-15-7-17(21)10-24(8-15,9-16)23(27)31/h1-2,5,15-17,20-21H,3-4,6-10,12-13H2,(H2,27,31)(H,28,30)/t15?,16?,17?,20-,21?,24?/m1/s1. The van der Waals surface area contributed by atoms with Crippen LogP contribution in [0.5, 0.6) is 0 Å². The minimum atomic E-state index is -0.510. The highest BCUT2D eigenvalue weighted by molar-refractivity contribution is 9.10. The predicted molar refractivity (Wildman–Crippen MR) is 121 cm³/mol. The van der Waals surface area contributed by atoms with Crippen molar-refractivity contribution in [3.8, 4) is 6.07 Å². The number of hydrogen-bond donors (Lipinski definition) is 2. The smallest absolute Gasteiger partial charge is 0.250 e. The number of nitrogens with two attached hydrogens (primary N) is 1. The van der Waals surface area contributed by atoms with E-state index in [1.807, 2.05) is 12.1 Å². The molecule has 5 fully saturated rings. The van der Waals surface area contributed by atoms with Crippen LogP contribution in [0.1, 0.15) is 43.2 Å². The Morgan fingerprint density at radius 1 is 1.28 bits per heavy atom. The second-order valence-corrected chi connectivity index (χ2v) is 11.0. The van der Waals surface area contributed by atoms with Crippen LogP contribution in [-0.2, 0) is 20.9 Å². The molecule has 1 heterocycles. The summed E-state index contributed by atoms with van der Waals surface area (Å²) in [6.45, 7) is 2.41. The van der Waals surface area contributed by atoms with E-state index in [9.17, 15) is 14.9 Å². The third-order valence-corrected chi connectivity index (χ3v) is 8.89. The summed E-state index contributed by atoms with van der Waals surface area (Å²) in [6, 6.07) is 7.87. The number of hydrogen-bond acceptors (Lipinski definition) is 5. The highest BCUT2D eigenvalue weighted by Gasteiger charge is 2.58. The van der Waals surface area contributed by atoms with Crippen molar-refractivity contribution in [1.82, 2.24) is 10.2 Å². The van der Waals surface area contributed by atoms with Crippen LogP contribution in [0.15, 0.2) is 22.7 Å². The van der Waals surface area contributed by atoms with Gasteiger partial charge in [0.1, 0.15) is 6.10 Å². The molecule has 1 aromatic rings. The normalized spacial score (nSPS) is 35.9. The van der Waals surface area contributed by atoms with Crippen molar-refractivity contribution in [2.45, 2.75) is 50.8 Å². The van der Waals surface area contributed by atoms with Gasteiger partial charge in [0.2, 0.25) is 5.91 Å². The zero-order valence-electron chi connectivity index (χ0n) is 18.1. The Morgan fingerprint density at radius 3 is 2.72 bits per heavy atom. The number of nitriles is 1. The van der Waals surface area contributed by atoms with Crippen LogP contribution in [0.25, 0.3) is 0 Å². The fourth-order valence-corrected chi connectivity index (χ4v) is 7.20. The lowest BCUT2D eigenvalue weighted by Gasteiger charge is -2.59. The molecule has 0 radical (unpaired) electrons. The molecule has 1 aliphatic heterocycles. The predicted octanol–water partition coefficient (Wildman–Crippen LogP) is 2.32. The summed E-state index contributed by atoms with van der Waals surface area (Å²) in [4.78, 5) is 27.5. The van der Waals surface area contributed by atoms with Gasteiger partial charge in [0.25, 0.3) is 5.91 Å². The molecule has 5 aliphatic rings. The quantitative estimate of drug-likeness (QED) is 0.644. The molecule has 170 valence electrons. The fourth-order valence-electron chi connectivity index (χ4n) is 6.83. The van der Waals surface area contributed by atoms with Crippen LogP contribution in [0.4, 0.5) is 0 Å². The molecule has 2 amide bonds. The van der Waals surface area contributed by atoms with Crippen LogP contribution in [0, 0.1) is 34.5 Å². The Labute approximate surface area is 196 Å². The summed E-state index contributed by atoms with van der Waals surface area (Å²) in [5.41, 5.74) is 7.10. The second kappa shape index (κ2) is 8.44. The lowest BCUT2D eigenvalue weighted by atomic mass is 9.47. The zero-order chi connectivity index (χ0) is 22.5. The van der Waals surface area contributed by atoms with Gasteiger partial charge in [-0.15, -0.1) is 0 Å². The van der Waals surface area contributed by atoms with E-state index in [1.165, 1.54) is 0 Å². The first kappa shape index (κ1) is 21.9. The topological polar surface area (TPSA) is 108 Å². The maximum absolute atomic E-state index is 13.2. The number of nitrogens with one attached hydrogen (secondary N) is 1. The number of rotatable bonds is 5. The van der Waals surface area contributed by atoms with Crippen molar-refractivity contribution < 1.29 is 14.3 Å². The van der Waals surface area contributed by atoms with E-state index in [2.05, 4.69) is 32.2 Å². The Kier molecular flexibility index (Phi) is 5.77. The number of morpholine rings is 1. The maximum atomic E-state index is 13.2. The van der Waals surface area contributed by atoms with Crippen molar-refractivity contribution in [1.29, 1.82) is 5.26 Å². The SMILES string of the molecule is N#Cc1ccc(Br)c(CN2CCO[C@@H](C(=O)NC3C4CC5CC3CC(C(N)=O)(C5)C4)C2)c1. The molecule has 0 aromatic heterocycles. The van der Waals surface area contributed by atoms with Crippen LogP contribution < -0.4 is 11.1 Å². The van der Waals surface area contributed by atoms with E-state index in [1.54, 1.807) is 6.07 Å². The number of amides is 2. The molecular weight excluding hydrogens is 472 g/mol. The van der Waals surface area contributed by atoms with E-state index in [-0.39, 0.29) is 23.3 Å². The van der Waals surface area contributed by atoms with Crippen LogP contribution in [-0.4, -0.2) is 48.6 Å². The minimum absolute atomic E-state index is 0.0508. The van der Waals surface area contributed by atoms with E-state index >= 15 is 0 Å². The molecule has 3 N–H and O–H groups in total. The molecular formula is C24H29BrN4O3. The van der Waals surface area contributed by atoms with Gasteiger partial charge in [0.05, 0.1) is 18.2 Å². The molecule has 3 atom stereocenters. The number of nitrogens with zero attached hydrogens (tertiary/aromatic N) is 2. The summed E-state index contributed by atoms with van der Waals surface area (Å²) in [5, 5.41) is 12.5. The Hall–Kier alpha value is -1.95. The fraction of sp³-hybridized carbons (Fsp3) is 0.625. The number of carbonyl (C=O) groups excluding carboxylic acids is 2. The van der Waals surface area contributed by atoms with Gasteiger partial charge in [-0.1, -0.05) is 15.9 Å². The average Bonchev–Trinajstić information content (AvgIpc) is 2.77. The lowest BCUT2D eigenvalue weighted by Crippen LogP contribution is -2.63. The molecule has 4 aliphatic carbocycles. The Morgan fingerprint density at radius 2 is 2.03 bits per heavy atom. The summed E-state index contributed by atoms with van der Waals surface area (Å²) in [5.74, 6) is 1.03. The third-order valence-electron chi connectivity index (χ3n) is 8.12. The van der Waals surface area contributed by atoms with Crippen molar-refractivity contribution in [3.63, 3.8) is 0 Å². The molecule has 6 rings (SSSR count). The third kappa shape index (κ3) is 3.95. The summed E-state index contributed by atoms with van der Waals surface area (Å²) < 4.78 is 6.80. The summed E-state index contributed by atoms with van der Waals surface area (Å²) >= 11 is 3.57. The number of benzene rings is 1. The Balaban J connectivity index is 1.22. The lowest BCUT2D eigenvalue weighted by molar-refractivity contribution is -0.151. The van der Waals surface area contributed by atoms with Crippen molar-refractivity contribution in [2.75, 3.05) is 19.7 Å². The largest absolute Gasteiger partial charge is 0.369 e. The van der Waals surface area contributed by atoms with Crippen LogP contribution in [0.3, 0.4) is 0 Å². The number of carbonyl (C=O) groups is 2. The zero-order valence-corrected chi connectivity index (χ0v) is 19.6. The maximum Gasteiger partial charge on any atom is 0.250 e. The van der Waals surface area contributed by atoms with E-state index in [0.717, 1.165) is 48.7 Å². The molecule has 1 aromatic carbocycles. The van der Waals surface area contributed by atoms with Gasteiger partial charge in [-0.05, 0) is 73.6 Å². The summed E-state index contributed by atoms with van der Waals surface area (Å²) in [7, 11) is 0. The van der Waals surface area contributed by atoms with Gasteiger partial charge in [-0.25, -0.2) is 0 Å². The van der Waals surface area contributed by atoms with Gasteiger partial charge in [-0.2, -0.15) is 5.26 Å². The number of halogens is 1. The number of primary amides is 1. The van der Waals surface area contributed by atoms with Gasteiger partial charge in [0.15, 0.2) is 0 Å². The highest BCUT2D eigenvalue weighted by atomic mass is 79.9. The molecule has 7 nitrogen and oxygen atoms in total. The molecule has 1 saturated heterocycles. The van der Waals surface area contributed by atoms with Gasteiger partial charge in [-0.3, -0.25) is 14.5 Å². The molecule has 0 spiro atoms. The van der Waals surface area contributed by atoms with E-state index < -0.39 is 6.10 Å². The van der Waals surface area contributed by atoms with Crippen LogP contribution >= 0.6 is 15.9 Å². The Bertz CT molecular complexity index is 960. The van der Waals surface area contributed by atoms with Crippen molar-refractivity contribution in [2.24, 2.45) is 28.9 Å². The average molecular weight is 501 g/mol. The van der Waals surface area contributed by atoms with Crippen LogP contribution in [0.2, 0.25) is 0 Å². The first-order valence-corrected chi connectivity index (χ1v) is 12.3. The first-order valence-electron chi connectivity index (χ1n) is 11.5.